The second kappa shape index (κ2) is 8.32. The molecule has 0 aliphatic carbocycles. The molecule has 1 unspecified atom stereocenters. The molecule has 1 aliphatic heterocycles. The maximum atomic E-state index is 13.6. The van der Waals surface area contributed by atoms with Crippen LogP contribution in [0.3, 0.4) is 0 Å². The van der Waals surface area contributed by atoms with Crippen LogP contribution in [0.25, 0.3) is 0 Å². The molecule has 0 fully saturated rings. The smallest absolute Gasteiger partial charge is 0.437 e. The number of halogens is 3. The zero-order valence-electron chi connectivity index (χ0n) is 15.4. The Balaban J connectivity index is 2.79. The molecular weight excluding hydrogens is 381 g/mol. The summed E-state index contributed by atoms with van der Waals surface area (Å²) in [5.74, 6) is -1.81. The average molecular weight is 400 g/mol. The Labute approximate surface area is 159 Å². The van der Waals surface area contributed by atoms with Gasteiger partial charge < -0.3 is 14.8 Å². The monoisotopic (exact) mass is 400 g/mol. The maximum Gasteiger partial charge on any atom is 0.513 e. The summed E-state index contributed by atoms with van der Waals surface area (Å²) in [7, 11) is 1.03. The summed E-state index contributed by atoms with van der Waals surface area (Å²) in [6.07, 6.45) is -5.06. The molecule has 0 radical (unpaired) electrons. The van der Waals surface area contributed by atoms with Crippen LogP contribution in [0.1, 0.15) is 43.7 Å². The molecule has 10 heteroatoms. The number of nitrogens with zero attached hydrogens (tertiary/aromatic N) is 1. The number of allylic oxidation sites excluding steroid dienone is 2. The van der Waals surface area contributed by atoms with E-state index in [9.17, 15) is 28.1 Å². The summed E-state index contributed by atoms with van der Waals surface area (Å²) < 4.78 is 50.3. The normalized spacial score (nSPS) is 17.3. The SMILES string of the molecule is CCCC1=C(OC(=O)OC)C(c2ccccc2C(F)(F)F)C([N+](=O)[O-])=C(C)N1. The topological polar surface area (TPSA) is 90.7 Å². The lowest BCUT2D eigenvalue weighted by molar-refractivity contribution is -0.431. The first-order valence-electron chi connectivity index (χ1n) is 8.38. The van der Waals surface area contributed by atoms with E-state index < -0.39 is 34.4 Å². The fourth-order valence-corrected chi connectivity index (χ4v) is 3.09. The van der Waals surface area contributed by atoms with Gasteiger partial charge in [-0.1, -0.05) is 31.5 Å². The Bertz CT molecular complexity index is 846. The first kappa shape index (κ1) is 21.3. The molecule has 1 N–H and O–H groups in total. The van der Waals surface area contributed by atoms with Gasteiger partial charge >= 0.3 is 12.3 Å². The first-order valence-corrected chi connectivity index (χ1v) is 8.38. The fraction of sp³-hybridized carbons (Fsp3) is 0.389. The first-order chi connectivity index (χ1) is 13.1. The average Bonchev–Trinajstić information content (AvgIpc) is 2.62. The van der Waals surface area contributed by atoms with Gasteiger partial charge in [0.15, 0.2) is 0 Å². The second-order valence-corrected chi connectivity index (χ2v) is 6.06. The van der Waals surface area contributed by atoms with Crippen LogP contribution in [-0.4, -0.2) is 18.2 Å². The van der Waals surface area contributed by atoms with E-state index in [2.05, 4.69) is 10.1 Å². The van der Waals surface area contributed by atoms with E-state index in [0.717, 1.165) is 19.2 Å². The minimum Gasteiger partial charge on any atom is -0.437 e. The predicted octanol–water partition coefficient (Wildman–Crippen LogP) is 4.70. The molecule has 1 heterocycles. The van der Waals surface area contributed by atoms with Crippen LogP contribution in [0.4, 0.5) is 18.0 Å². The van der Waals surface area contributed by atoms with Crippen molar-refractivity contribution in [1.29, 1.82) is 0 Å². The van der Waals surface area contributed by atoms with Crippen molar-refractivity contribution in [3.8, 4) is 0 Å². The maximum absolute atomic E-state index is 13.6. The molecule has 0 saturated heterocycles. The fourth-order valence-electron chi connectivity index (χ4n) is 3.09. The summed E-state index contributed by atoms with van der Waals surface area (Å²) in [5, 5.41) is 14.5. The van der Waals surface area contributed by atoms with Crippen molar-refractivity contribution in [1.82, 2.24) is 5.32 Å². The minimum absolute atomic E-state index is 0.0765. The van der Waals surface area contributed by atoms with Crippen molar-refractivity contribution in [2.75, 3.05) is 7.11 Å². The van der Waals surface area contributed by atoms with Crippen molar-refractivity contribution in [2.24, 2.45) is 0 Å². The van der Waals surface area contributed by atoms with Crippen molar-refractivity contribution >= 4 is 6.16 Å². The molecule has 1 aliphatic rings. The molecule has 1 aromatic carbocycles. The second-order valence-electron chi connectivity index (χ2n) is 6.06. The molecule has 1 aromatic rings. The zero-order valence-corrected chi connectivity index (χ0v) is 15.4. The van der Waals surface area contributed by atoms with E-state index in [1.54, 1.807) is 0 Å². The van der Waals surface area contributed by atoms with Gasteiger partial charge in [-0.2, -0.15) is 13.2 Å². The number of alkyl halides is 3. The summed E-state index contributed by atoms with van der Waals surface area (Å²) in [6, 6.07) is 4.50. The third kappa shape index (κ3) is 4.26. The van der Waals surface area contributed by atoms with Crippen LogP contribution < -0.4 is 5.32 Å². The van der Waals surface area contributed by atoms with E-state index >= 15 is 0 Å². The summed E-state index contributed by atoms with van der Waals surface area (Å²) in [5.41, 5.74) is -1.59. The van der Waals surface area contributed by atoms with Crippen molar-refractivity contribution in [3.05, 3.63) is 68.4 Å². The van der Waals surface area contributed by atoms with Crippen LogP contribution in [0.5, 0.6) is 0 Å². The molecule has 28 heavy (non-hydrogen) atoms. The van der Waals surface area contributed by atoms with Crippen LogP contribution >= 0.6 is 0 Å². The van der Waals surface area contributed by atoms with Gasteiger partial charge in [0, 0.05) is 0 Å². The lowest BCUT2D eigenvalue weighted by Gasteiger charge is -2.29. The number of hydrogen-bond acceptors (Lipinski definition) is 6. The van der Waals surface area contributed by atoms with E-state index in [1.807, 2.05) is 6.92 Å². The highest BCUT2D eigenvalue weighted by Crippen LogP contribution is 2.44. The molecule has 7 nitrogen and oxygen atoms in total. The Morgan fingerprint density at radius 3 is 2.50 bits per heavy atom. The van der Waals surface area contributed by atoms with Gasteiger partial charge in [0.25, 0.3) is 5.70 Å². The number of rotatable bonds is 5. The molecule has 0 spiro atoms. The van der Waals surface area contributed by atoms with Gasteiger partial charge in [-0.25, -0.2) is 4.79 Å². The van der Waals surface area contributed by atoms with Crippen LogP contribution in [0.2, 0.25) is 0 Å². The third-order valence-electron chi connectivity index (χ3n) is 4.19. The lowest BCUT2D eigenvalue weighted by Crippen LogP contribution is -2.31. The number of nitro groups is 1. The van der Waals surface area contributed by atoms with E-state index in [0.29, 0.717) is 12.8 Å². The van der Waals surface area contributed by atoms with Crippen LogP contribution in [0, 0.1) is 10.1 Å². The largest absolute Gasteiger partial charge is 0.513 e. The van der Waals surface area contributed by atoms with Gasteiger partial charge in [-0.15, -0.1) is 0 Å². The Morgan fingerprint density at radius 2 is 1.96 bits per heavy atom. The summed E-state index contributed by atoms with van der Waals surface area (Å²) >= 11 is 0. The Morgan fingerprint density at radius 1 is 1.32 bits per heavy atom. The quantitative estimate of drug-likeness (QED) is 0.438. The van der Waals surface area contributed by atoms with Crippen LogP contribution in [0.15, 0.2) is 47.1 Å². The molecule has 0 aromatic heterocycles. The highest BCUT2D eigenvalue weighted by atomic mass is 19.4. The lowest BCUT2D eigenvalue weighted by atomic mass is 9.85. The molecule has 0 saturated carbocycles. The summed E-state index contributed by atoms with van der Waals surface area (Å²) in [6.45, 7) is 3.21. The molecule has 0 amide bonds. The van der Waals surface area contributed by atoms with Crippen molar-refractivity contribution < 1.29 is 32.4 Å². The van der Waals surface area contributed by atoms with Gasteiger partial charge in [-0.05, 0) is 25.0 Å². The number of benzene rings is 1. The highest BCUT2D eigenvalue weighted by molar-refractivity contribution is 5.63. The molecule has 1 atom stereocenters. The van der Waals surface area contributed by atoms with Crippen molar-refractivity contribution in [2.45, 2.75) is 38.8 Å². The third-order valence-corrected chi connectivity index (χ3v) is 4.19. The standard InChI is InChI=1S/C18H19F3N2O5/c1-4-7-13-16(28-17(24)27-3)14(15(23(25)26)10(2)22-13)11-8-5-6-9-12(11)18(19,20)21/h5-6,8-9,14,22H,4,7H2,1-3H3. The Hall–Kier alpha value is -3.04. The van der Waals surface area contributed by atoms with Crippen LogP contribution in [-0.2, 0) is 15.7 Å². The molecular formula is C18H19F3N2O5. The minimum atomic E-state index is -4.75. The molecule has 2 rings (SSSR count). The number of hydrogen-bond donors (Lipinski definition) is 1. The molecule has 0 bridgehead atoms. The van der Waals surface area contributed by atoms with Gasteiger partial charge in [-0.3, -0.25) is 10.1 Å². The Kier molecular flexibility index (Phi) is 6.32. The summed E-state index contributed by atoms with van der Waals surface area (Å²) in [4.78, 5) is 22.7. The number of methoxy groups -OCH3 is 1. The van der Waals surface area contributed by atoms with Gasteiger partial charge in [0.1, 0.15) is 11.7 Å². The zero-order chi connectivity index (χ0) is 21.1. The van der Waals surface area contributed by atoms with E-state index in [-0.39, 0.29) is 22.7 Å². The van der Waals surface area contributed by atoms with Crippen molar-refractivity contribution in [3.63, 3.8) is 0 Å². The number of carbonyl (C=O) groups excluding carboxylic acids is 1. The van der Waals surface area contributed by atoms with E-state index in [1.165, 1.54) is 19.1 Å². The van der Waals surface area contributed by atoms with Gasteiger partial charge in [0.05, 0.1) is 29.0 Å². The van der Waals surface area contributed by atoms with Gasteiger partial charge in [0.2, 0.25) is 0 Å². The number of ether oxygens (including phenoxy) is 2. The predicted molar refractivity (Wildman–Crippen MR) is 92.4 cm³/mol. The molecule has 152 valence electrons. The number of carbonyl (C=O) groups is 1. The number of nitrogens with one attached hydrogen (secondary N) is 1. The number of dihydropyridines is 1. The highest BCUT2D eigenvalue weighted by Gasteiger charge is 2.45. The van der Waals surface area contributed by atoms with E-state index in [4.69, 9.17) is 4.74 Å².